The number of carbonyl (C=O) groups excluding carboxylic acids is 1. The Labute approximate surface area is 133 Å². The maximum absolute atomic E-state index is 12.0. The summed E-state index contributed by atoms with van der Waals surface area (Å²) in [5, 5.41) is 12.4. The van der Waals surface area contributed by atoms with Gasteiger partial charge in [-0.15, -0.1) is 0 Å². The molecule has 0 heterocycles. The molecule has 0 fully saturated rings. The Hall–Kier alpha value is -2.33. The van der Waals surface area contributed by atoms with E-state index in [9.17, 15) is 14.7 Å². The standard InChI is InChI=1S/C17H16ClNO3/c18-14-8-4-7-13(9-14)10-15(17(21)22)19-16(20)11-12-5-2-1-3-6-12/h1-9,15H,10-11H2,(H,19,20)(H,21,22)/t15-/m0/s1. The summed E-state index contributed by atoms with van der Waals surface area (Å²) in [5.41, 5.74) is 1.60. The molecule has 2 N–H and O–H groups in total. The van der Waals surface area contributed by atoms with Gasteiger partial charge in [0.2, 0.25) is 5.91 Å². The van der Waals surface area contributed by atoms with E-state index >= 15 is 0 Å². The molecule has 0 saturated carbocycles. The van der Waals surface area contributed by atoms with Crippen molar-refractivity contribution >= 4 is 23.5 Å². The van der Waals surface area contributed by atoms with Crippen LogP contribution in [-0.4, -0.2) is 23.0 Å². The molecular formula is C17H16ClNO3. The summed E-state index contributed by atoms with van der Waals surface area (Å²) < 4.78 is 0. The lowest BCUT2D eigenvalue weighted by Gasteiger charge is -2.15. The van der Waals surface area contributed by atoms with Gasteiger partial charge >= 0.3 is 5.97 Å². The second kappa shape index (κ2) is 7.61. The van der Waals surface area contributed by atoms with E-state index in [-0.39, 0.29) is 18.7 Å². The topological polar surface area (TPSA) is 66.4 Å². The zero-order valence-electron chi connectivity index (χ0n) is 11.8. The van der Waals surface area contributed by atoms with Gasteiger partial charge in [-0.05, 0) is 23.3 Å². The Balaban J connectivity index is 1.99. The van der Waals surface area contributed by atoms with Crippen LogP contribution in [0, 0.1) is 0 Å². The Morgan fingerprint density at radius 1 is 1.05 bits per heavy atom. The van der Waals surface area contributed by atoms with Gasteiger partial charge in [-0.2, -0.15) is 0 Å². The number of hydrogen-bond acceptors (Lipinski definition) is 2. The first-order chi connectivity index (χ1) is 10.5. The van der Waals surface area contributed by atoms with Gasteiger partial charge in [0.05, 0.1) is 6.42 Å². The lowest BCUT2D eigenvalue weighted by molar-refractivity contribution is -0.141. The lowest BCUT2D eigenvalue weighted by atomic mass is 10.1. The van der Waals surface area contributed by atoms with E-state index in [0.29, 0.717) is 5.02 Å². The Morgan fingerprint density at radius 2 is 1.73 bits per heavy atom. The van der Waals surface area contributed by atoms with Crippen LogP contribution in [0.15, 0.2) is 54.6 Å². The minimum Gasteiger partial charge on any atom is -0.480 e. The maximum Gasteiger partial charge on any atom is 0.326 e. The normalized spacial score (nSPS) is 11.7. The van der Waals surface area contributed by atoms with Gasteiger partial charge in [0.15, 0.2) is 0 Å². The summed E-state index contributed by atoms with van der Waals surface area (Å²) in [4.78, 5) is 23.3. The molecule has 0 aliphatic carbocycles. The summed E-state index contributed by atoms with van der Waals surface area (Å²) in [5.74, 6) is -1.39. The third-order valence-electron chi connectivity index (χ3n) is 3.17. The Morgan fingerprint density at radius 3 is 2.36 bits per heavy atom. The molecule has 1 atom stereocenters. The van der Waals surface area contributed by atoms with Crippen molar-refractivity contribution in [1.82, 2.24) is 5.32 Å². The molecule has 0 unspecified atom stereocenters. The smallest absolute Gasteiger partial charge is 0.326 e. The second-order valence-electron chi connectivity index (χ2n) is 4.95. The SMILES string of the molecule is O=C(Cc1ccccc1)N[C@@H](Cc1cccc(Cl)c1)C(=O)O. The summed E-state index contributed by atoms with van der Waals surface area (Å²) in [7, 11) is 0. The highest BCUT2D eigenvalue weighted by Gasteiger charge is 2.20. The second-order valence-corrected chi connectivity index (χ2v) is 5.39. The van der Waals surface area contributed by atoms with E-state index in [4.69, 9.17) is 11.6 Å². The number of aliphatic carboxylic acids is 1. The van der Waals surface area contributed by atoms with Gasteiger partial charge in [-0.1, -0.05) is 54.1 Å². The molecule has 0 radical (unpaired) electrons. The van der Waals surface area contributed by atoms with Crippen LogP contribution >= 0.6 is 11.6 Å². The molecule has 4 nitrogen and oxygen atoms in total. The molecule has 0 aliphatic rings. The first-order valence-corrected chi connectivity index (χ1v) is 7.23. The van der Waals surface area contributed by atoms with E-state index in [1.54, 1.807) is 24.3 Å². The summed E-state index contributed by atoms with van der Waals surface area (Å²) >= 11 is 5.89. The van der Waals surface area contributed by atoms with Crippen LogP contribution in [0.3, 0.4) is 0 Å². The molecule has 22 heavy (non-hydrogen) atoms. The molecule has 0 bridgehead atoms. The summed E-state index contributed by atoms with van der Waals surface area (Å²) in [6, 6.07) is 15.2. The lowest BCUT2D eigenvalue weighted by Crippen LogP contribution is -2.43. The predicted molar refractivity (Wildman–Crippen MR) is 84.9 cm³/mol. The first kappa shape index (κ1) is 16.0. The highest BCUT2D eigenvalue weighted by Crippen LogP contribution is 2.12. The van der Waals surface area contributed by atoms with Crippen molar-refractivity contribution in [3.63, 3.8) is 0 Å². The van der Waals surface area contributed by atoms with E-state index in [2.05, 4.69) is 5.32 Å². The van der Waals surface area contributed by atoms with Gasteiger partial charge in [-0.25, -0.2) is 4.79 Å². The van der Waals surface area contributed by atoms with Crippen LogP contribution in [0.2, 0.25) is 5.02 Å². The fraction of sp³-hybridized carbons (Fsp3) is 0.176. The zero-order valence-corrected chi connectivity index (χ0v) is 12.6. The van der Waals surface area contributed by atoms with Crippen molar-refractivity contribution in [2.24, 2.45) is 0 Å². The van der Waals surface area contributed by atoms with Crippen LogP contribution in [0.4, 0.5) is 0 Å². The number of rotatable bonds is 6. The number of halogens is 1. The van der Waals surface area contributed by atoms with Crippen LogP contribution < -0.4 is 5.32 Å². The van der Waals surface area contributed by atoms with Gasteiger partial charge in [-0.3, -0.25) is 4.79 Å². The van der Waals surface area contributed by atoms with Gasteiger partial charge in [0, 0.05) is 11.4 Å². The summed E-state index contributed by atoms with van der Waals surface area (Å²) in [6.45, 7) is 0. The predicted octanol–water partition coefficient (Wildman–Crippen LogP) is 2.69. The number of carbonyl (C=O) groups is 2. The highest BCUT2D eigenvalue weighted by atomic mass is 35.5. The van der Waals surface area contributed by atoms with E-state index in [1.807, 2.05) is 30.3 Å². The van der Waals surface area contributed by atoms with Crippen molar-refractivity contribution in [3.8, 4) is 0 Å². The van der Waals surface area contributed by atoms with Crippen LogP contribution in [-0.2, 0) is 22.4 Å². The molecule has 2 aromatic rings. The summed E-state index contributed by atoms with van der Waals surface area (Å²) in [6.07, 6.45) is 0.344. The first-order valence-electron chi connectivity index (χ1n) is 6.85. The molecule has 5 heteroatoms. The molecule has 114 valence electrons. The van der Waals surface area contributed by atoms with Crippen molar-refractivity contribution in [3.05, 3.63) is 70.7 Å². The van der Waals surface area contributed by atoms with Crippen molar-refractivity contribution in [1.29, 1.82) is 0 Å². The number of nitrogens with one attached hydrogen (secondary N) is 1. The Kier molecular flexibility index (Phi) is 5.55. The molecule has 0 aromatic heterocycles. The van der Waals surface area contributed by atoms with Crippen LogP contribution in [0.25, 0.3) is 0 Å². The molecule has 2 rings (SSSR count). The zero-order chi connectivity index (χ0) is 15.9. The van der Waals surface area contributed by atoms with E-state index in [0.717, 1.165) is 11.1 Å². The van der Waals surface area contributed by atoms with Crippen LogP contribution in [0.1, 0.15) is 11.1 Å². The molecule has 0 aliphatic heterocycles. The third-order valence-corrected chi connectivity index (χ3v) is 3.40. The Bertz CT molecular complexity index is 658. The molecular weight excluding hydrogens is 302 g/mol. The average molecular weight is 318 g/mol. The van der Waals surface area contributed by atoms with Crippen molar-refractivity contribution in [2.45, 2.75) is 18.9 Å². The fourth-order valence-electron chi connectivity index (χ4n) is 2.13. The number of carboxylic acids is 1. The minimum atomic E-state index is -1.07. The molecule has 1 amide bonds. The quantitative estimate of drug-likeness (QED) is 0.861. The maximum atomic E-state index is 12.0. The van der Waals surface area contributed by atoms with E-state index in [1.165, 1.54) is 0 Å². The third kappa shape index (κ3) is 4.90. The average Bonchev–Trinajstić information content (AvgIpc) is 2.47. The van der Waals surface area contributed by atoms with Crippen molar-refractivity contribution < 1.29 is 14.7 Å². The number of hydrogen-bond donors (Lipinski definition) is 2. The van der Waals surface area contributed by atoms with Crippen molar-refractivity contribution in [2.75, 3.05) is 0 Å². The number of benzene rings is 2. The number of carboxylic acid groups (broad SMARTS) is 1. The minimum absolute atomic E-state index is 0.153. The van der Waals surface area contributed by atoms with Crippen LogP contribution in [0.5, 0.6) is 0 Å². The fourth-order valence-corrected chi connectivity index (χ4v) is 2.34. The van der Waals surface area contributed by atoms with Gasteiger partial charge in [0.25, 0.3) is 0 Å². The van der Waals surface area contributed by atoms with Gasteiger partial charge in [0.1, 0.15) is 6.04 Å². The number of amides is 1. The molecule has 2 aromatic carbocycles. The van der Waals surface area contributed by atoms with Gasteiger partial charge < -0.3 is 10.4 Å². The van der Waals surface area contributed by atoms with E-state index < -0.39 is 12.0 Å². The monoisotopic (exact) mass is 317 g/mol. The largest absolute Gasteiger partial charge is 0.480 e. The molecule has 0 saturated heterocycles. The molecule has 0 spiro atoms. The highest BCUT2D eigenvalue weighted by molar-refractivity contribution is 6.30.